The molecule has 0 aliphatic carbocycles. The van der Waals surface area contributed by atoms with Gasteiger partial charge in [0.15, 0.2) is 0 Å². The van der Waals surface area contributed by atoms with Gasteiger partial charge in [0, 0.05) is 6.42 Å². The first-order valence-corrected chi connectivity index (χ1v) is 4.89. The van der Waals surface area contributed by atoms with Gasteiger partial charge in [0.1, 0.15) is 6.26 Å². The van der Waals surface area contributed by atoms with Crippen molar-refractivity contribution < 1.29 is 19.1 Å². The molecule has 0 amide bonds. The van der Waals surface area contributed by atoms with Crippen LogP contribution in [-0.4, -0.2) is 18.5 Å². The molecule has 1 heterocycles. The number of carbonyl (C=O) groups excluding carboxylic acids is 2. The van der Waals surface area contributed by atoms with Gasteiger partial charge in [-0.3, -0.25) is 0 Å². The smallest absolute Gasteiger partial charge is 0.342 e. The van der Waals surface area contributed by atoms with Gasteiger partial charge in [-0.15, -0.1) is 0 Å². The minimum absolute atomic E-state index is 0.355. The van der Waals surface area contributed by atoms with Gasteiger partial charge in [-0.1, -0.05) is 18.2 Å². The molecule has 0 radical (unpaired) electrons. The van der Waals surface area contributed by atoms with Crippen molar-refractivity contribution in [3.63, 3.8) is 0 Å². The number of cyclic esters (lactones) is 1. The lowest BCUT2D eigenvalue weighted by atomic mass is 10.2. The first-order valence-electron chi connectivity index (χ1n) is 4.89. The normalized spacial score (nSPS) is 17.2. The third kappa shape index (κ3) is 2.28. The van der Waals surface area contributed by atoms with Crippen LogP contribution in [0.5, 0.6) is 0 Å². The molecule has 0 N–H and O–H groups in total. The van der Waals surface area contributed by atoms with Gasteiger partial charge in [-0.2, -0.15) is 0 Å². The van der Waals surface area contributed by atoms with Crippen LogP contribution in [0.15, 0.2) is 42.2 Å². The summed E-state index contributed by atoms with van der Waals surface area (Å²) in [4.78, 5) is 22.5. The first-order chi connectivity index (χ1) is 7.77. The third-order valence-corrected chi connectivity index (χ3v) is 2.18. The third-order valence-electron chi connectivity index (χ3n) is 2.18. The molecule has 0 spiro atoms. The lowest BCUT2D eigenvalue weighted by Gasteiger charge is -1.99. The van der Waals surface area contributed by atoms with Gasteiger partial charge < -0.3 is 9.47 Å². The van der Waals surface area contributed by atoms with Crippen LogP contribution in [0.2, 0.25) is 0 Å². The lowest BCUT2D eigenvalue weighted by Crippen LogP contribution is -2.02. The summed E-state index contributed by atoms with van der Waals surface area (Å²) in [6, 6.07) is 8.59. The van der Waals surface area contributed by atoms with Crippen LogP contribution in [-0.2, 0) is 14.3 Å². The molecule has 1 saturated heterocycles. The van der Waals surface area contributed by atoms with Crippen LogP contribution in [0.25, 0.3) is 0 Å². The first kappa shape index (κ1) is 10.4. The zero-order valence-electron chi connectivity index (χ0n) is 8.51. The Hall–Kier alpha value is -2.10. The minimum atomic E-state index is -0.479. The average molecular weight is 218 g/mol. The van der Waals surface area contributed by atoms with E-state index < -0.39 is 11.9 Å². The predicted molar refractivity (Wildman–Crippen MR) is 55.5 cm³/mol. The Morgan fingerprint density at radius 1 is 1.31 bits per heavy atom. The second-order valence-electron chi connectivity index (χ2n) is 3.30. The van der Waals surface area contributed by atoms with Crippen LogP contribution >= 0.6 is 0 Å². The average Bonchev–Trinajstić information content (AvgIpc) is 2.73. The molecular formula is C12H10O4. The molecule has 0 bridgehead atoms. The number of hydrogen-bond acceptors (Lipinski definition) is 4. The van der Waals surface area contributed by atoms with Crippen LogP contribution < -0.4 is 0 Å². The summed E-state index contributed by atoms with van der Waals surface area (Å²) in [5.41, 5.74) is 0.843. The number of benzene rings is 1. The van der Waals surface area contributed by atoms with Gasteiger partial charge in [-0.05, 0) is 12.1 Å². The van der Waals surface area contributed by atoms with Gasteiger partial charge >= 0.3 is 11.9 Å². The van der Waals surface area contributed by atoms with E-state index in [1.54, 1.807) is 24.3 Å². The topological polar surface area (TPSA) is 52.6 Å². The van der Waals surface area contributed by atoms with Crippen molar-refractivity contribution in [3.8, 4) is 0 Å². The maximum absolute atomic E-state index is 11.5. The molecule has 16 heavy (non-hydrogen) atoms. The summed E-state index contributed by atoms with van der Waals surface area (Å²) in [6.07, 6.45) is 1.66. The molecule has 1 aromatic carbocycles. The van der Waals surface area contributed by atoms with Crippen molar-refractivity contribution >= 4 is 11.9 Å². The Bertz CT molecular complexity index is 434. The van der Waals surface area contributed by atoms with E-state index in [1.807, 2.05) is 6.07 Å². The van der Waals surface area contributed by atoms with Crippen molar-refractivity contribution in [2.45, 2.75) is 6.42 Å². The molecule has 4 nitrogen and oxygen atoms in total. The summed E-state index contributed by atoms with van der Waals surface area (Å²) in [7, 11) is 0. The number of hydrogen-bond donors (Lipinski definition) is 0. The summed E-state index contributed by atoms with van der Waals surface area (Å²) in [5.74, 6) is -0.895. The highest BCUT2D eigenvalue weighted by molar-refractivity contribution is 5.92. The molecule has 82 valence electrons. The summed E-state index contributed by atoms with van der Waals surface area (Å²) >= 11 is 0. The van der Waals surface area contributed by atoms with E-state index >= 15 is 0 Å². The van der Waals surface area contributed by atoms with Gasteiger partial charge in [0.05, 0.1) is 17.7 Å². The molecule has 1 fully saturated rings. The molecule has 1 aliphatic heterocycles. The molecule has 4 heteroatoms. The van der Waals surface area contributed by atoms with Crippen molar-refractivity contribution in [2.24, 2.45) is 0 Å². The Morgan fingerprint density at radius 3 is 2.69 bits per heavy atom. The number of carbonyl (C=O) groups is 2. The second-order valence-corrected chi connectivity index (χ2v) is 3.30. The summed E-state index contributed by atoms with van der Waals surface area (Å²) < 4.78 is 9.59. The highest BCUT2D eigenvalue weighted by Gasteiger charge is 2.19. The highest BCUT2D eigenvalue weighted by atomic mass is 16.5. The van der Waals surface area contributed by atoms with E-state index in [9.17, 15) is 9.59 Å². The van der Waals surface area contributed by atoms with E-state index in [1.165, 1.54) is 6.26 Å². The second kappa shape index (κ2) is 4.61. The van der Waals surface area contributed by atoms with Crippen molar-refractivity contribution in [1.82, 2.24) is 0 Å². The fourth-order valence-corrected chi connectivity index (χ4v) is 1.32. The van der Waals surface area contributed by atoms with Crippen LogP contribution in [0.1, 0.15) is 16.8 Å². The Balaban J connectivity index is 2.01. The quantitative estimate of drug-likeness (QED) is 0.430. The zero-order valence-corrected chi connectivity index (χ0v) is 8.51. The SMILES string of the molecule is O=C1OCC/C1=C\OC(=O)c1ccccc1. The fourth-order valence-electron chi connectivity index (χ4n) is 1.32. The van der Waals surface area contributed by atoms with E-state index in [2.05, 4.69) is 0 Å². The molecule has 0 unspecified atom stereocenters. The Kier molecular flexibility index (Phi) is 3.00. The minimum Gasteiger partial charge on any atom is -0.462 e. The molecule has 2 rings (SSSR count). The lowest BCUT2D eigenvalue weighted by molar-refractivity contribution is -0.135. The van der Waals surface area contributed by atoms with Crippen molar-refractivity contribution in [1.29, 1.82) is 0 Å². The van der Waals surface area contributed by atoms with Gasteiger partial charge in [0.2, 0.25) is 0 Å². The van der Waals surface area contributed by atoms with E-state index in [0.29, 0.717) is 24.2 Å². The predicted octanol–water partition coefficient (Wildman–Crippen LogP) is 1.67. The fraction of sp³-hybridized carbons (Fsp3) is 0.167. The van der Waals surface area contributed by atoms with E-state index in [0.717, 1.165) is 0 Å². The van der Waals surface area contributed by atoms with Gasteiger partial charge in [-0.25, -0.2) is 9.59 Å². The van der Waals surface area contributed by atoms with Crippen LogP contribution in [0, 0.1) is 0 Å². The maximum Gasteiger partial charge on any atom is 0.342 e. The molecule has 0 aromatic heterocycles. The maximum atomic E-state index is 11.5. The zero-order chi connectivity index (χ0) is 11.4. The molecule has 1 aromatic rings. The van der Waals surface area contributed by atoms with E-state index in [-0.39, 0.29) is 0 Å². The molecule has 0 saturated carbocycles. The number of esters is 2. The van der Waals surface area contributed by atoms with Crippen LogP contribution in [0.3, 0.4) is 0 Å². The van der Waals surface area contributed by atoms with Crippen LogP contribution in [0.4, 0.5) is 0 Å². The molecular weight excluding hydrogens is 208 g/mol. The summed E-state index contributed by atoms with van der Waals surface area (Å²) in [5, 5.41) is 0. The standard InChI is InChI=1S/C12H10O4/c13-11(9-4-2-1-3-5-9)16-8-10-6-7-15-12(10)14/h1-5,8H,6-7H2/b10-8+. The van der Waals surface area contributed by atoms with E-state index in [4.69, 9.17) is 9.47 Å². The summed E-state index contributed by atoms with van der Waals surface area (Å²) in [6.45, 7) is 0.355. The van der Waals surface area contributed by atoms with Gasteiger partial charge in [0.25, 0.3) is 0 Å². The number of ether oxygens (including phenoxy) is 2. The Labute approximate surface area is 92.5 Å². The molecule has 0 atom stereocenters. The highest BCUT2D eigenvalue weighted by Crippen LogP contribution is 2.13. The molecule has 1 aliphatic rings. The number of rotatable bonds is 2. The Morgan fingerprint density at radius 2 is 2.06 bits per heavy atom. The van der Waals surface area contributed by atoms with Crippen molar-refractivity contribution in [3.05, 3.63) is 47.7 Å². The van der Waals surface area contributed by atoms with Crippen molar-refractivity contribution in [2.75, 3.05) is 6.61 Å². The largest absolute Gasteiger partial charge is 0.462 e. The monoisotopic (exact) mass is 218 g/mol.